The molecular formula is C23H23F3N6O2. The van der Waals surface area contributed by atoms with Crippen molar-refractivity contribution in [3.05, 3.63) is 42.0 Å². The number of halogens is 3. The second kappa shape index (κ2) is 8.55. The van der Waals surface area contributed by atoms with E-state index in [1.165, 1.54) is 24.5 Å². The van der Waals surface area contributed by atoms with E-state index >= 15 is 0 Å². The Morgan fingerprint density at radius 2 is 2.12 bits per heavy atom. The van der Waals surface area contributed by atoms with E-state index in [1.54, 1.807) is 0 Å². The first-order chi connectivity index (χ1) is 16.6. The van der Waals surface area contributed by atoms with Crippen LogP contribution in [0, 0.1) is 23.4 Å². The highest BCUT2D eigenvalue weighted by Crippen LogP contribution is 2.34. The molecule has 6 rings (SSSR count). The molecule has 8 nitrogen and oxygen atoms in total. The second-order valence-corrected chi connectivity index (χ2v) is 8.94. The Kier molecular flexibility index (Phi) is 5.37. The summed E-state index contributed by atoms with van der Waals surface area (Å²) in [5.41, 5.74) is 0.406. The molecular weight excluding hydrogens is 449 g/mol. The molecule has 34 heavy (non-hydrogen) atoms. The van der Waals surface area contributed by atoms with Crippen molar-refractivity contribution in [2.45, 2.75) is 24.9 Å². The van der Waals surface area contributed by atoms with Crippen LogP contribution in [0.3, 0.4) is 0 Å². The number of pyridine rings is 1. The second-order valence-electron chi connectivity index (χ2n) is 8.94. The van der Waals surface area contributed by atoms with Crippen molar-refractivity contribution in [2.24, 2.45) is 5.92 Å². The van der Waals surface area contributed by atoms with E-state index in [0.717, 1.165) is 19.4 Å². The summed E-state index contributed by atoms with van der Waals surface area (Å²) in [5, 5.41) is 6.17. The van der Waals surface area contributed by atoms with Gasteiger partial charge in [-0.05, 0) is 25.0 Å². The normalized spacial score (nSPS) is 23.7. The van der Waals surface area contributed by atoms with Gasteiger partial charge in [-0.2, -0.15) is 4.39 Å². The molecule has 3 saturated heterocycles. The molecule has 2 aromatic heterocycles. The Morgan fingerprint density at radius 1 is 1.21 bits per heavy atom. The monoisotopic (exact) mass is 472 g/mol. The molecule has 3 aliphatic heterocycles. The molecule has 11 heteroatoms. The topological polar surface area (TPSA) is 84.4 Å². The van der Waals surface area contributed by atoms with Crippen LogP contribution < -0.4 is 20.3 Å². The van der Waals surface area contributed by atoms with Crippen molar-refractivity contribution in [1.29, 1.82) is 0 Å². The van der Waals surface area contributed by atoms with E-state index in [-0.39, 0.29) is 52.7 Å². The number of anilines is 3. The summed E-state index contributed by atoms with van der Waals surface area (Å²) in [6.45, 7) is 2.88. The van der Waals surface area contributed by atoms with E-state index in [2.05, 4.69) is 25.6 Å². The Balaban J connectivity index is 1.28. The lowest BCUT2D eigenvalue weighted by Crippen LogP contribution is -2.44. The molecule has 0 spiro atoms. The Bertz CT molecular complexity index is 1240. The number of nitrogens with one attached hydrogen (secondary N) is 2. The standard InChI is InChI=1S/C23H23F3N6O2/c24-15-6-17-21(31-23(15)32-8-13-5-14(32)7-27-13)22(29-11-28-17)30-16-1-2-18(20(26)19(16)25)34-10-12-3-4-33-9-12/h1-2,6,11-14,27H,3-5,7-10H2,(H,28,29,30)/t12-,13-,14-/m0/s1. The number of benzene rings is 1. The van der Waals surface area contributed by atoms with Gasteiger partial charge in [0.1, 0.15) is 11.8 Å². The smallest absolute Gasteiger partial charge is 0.202 e. The van der Waals surface area contributed by atoms with Crippen molar-refractivity contribution < 1.29 is 22.6 Å². The van der Waals surface area contributed by atoms with Gasteiger partial charge in [-0.1, -0.05) is 0 Å². The lowest BCUT2D eigenvalue weighted by atomic mass is 10.1. The number of fused-ring (bicyclic) bond motifs is 3. The van der Waals surface area contributed by atoms with Crippen molar-refractivity contribution in [3.63, 3.8) is 0 Å². The van der Waals surface area contributed by atoms with Crippen molar-refractivity contribution in [3.8, 4) is 5.75 Å². The minimum Gasteiger partial charge on any atom is -0.490 e. The Morgan fingerprint density at radius 3 is 2.88 bits per heavy atom. The number of hydrogen-bond donors (Lipinski definition) is 2. The fraction of sp³-hybridized carbons (Fsp3) is 0.435. The van der Waals surface area contributed by atoms with Gasteiger partial charge in [-0.3, -0.25) is 0 Å². The van der Waals surface area contributed by atoms with Gasteiger partial charge in [0.2, 0.25) is 5.82 Å². The molecule has 1 aromatic carbocycles. The summed E-state index contributed by atoms with van der Waals surface area (Å²) in [4.78, 5) is 14.7. The highest BCUT2D eigenvalue weighted by Gasteiger charge is 2.39. The fourth-order valence-electron chi connectivity index (χ4n) is 4.85. The van der Waals surface area contributed by atoms with E-state index in [0.29, 0.717) is 25.8 Å². The molecule has 2 N–H and O–H groups in total. The molecule has 2 bridgehead atoms. The van der Waals surface area contributed by atoms with Crippen molar-refractivity contribution in [1.82, 2.24) is 20.3 Å². The van der Waals surface area contributed by atoms with Gasteiger partial charge >= 0.3 is 0 Å². The lowest BCUT2D eigenvalue weighted by Gasteiger charge is -2.28. The number of aromatic nitrogens is 3. The highest BCUT2D eigenvalue weighted by molar-refractivity contribution is 5.88. The maximum Gasteiger partial charge on any atom is 0.202 e. The van der Waals surface area contributed by atoms with E-state index in [9.17, 15) is 13.2 Å². The first kappa shape index (κ1) is 21.4. The van der Waals surface area contributed by atoms with Gasteiger partial charge in [0, 0.05) is 43.8 Å². The number of ether oxygens (including phenoxy) is 2. The van der Waals surface area contributed by atoms with Gasteiger partial charge in [-0.15, -0.1) is 0 Å². The van der Waals surface area contributed by atoms with Crippen molar-refractivity contribution >= 4 is 28.4 Å². The molecule has 0 radical (unpaired) electrons. The molecule has 3 fully saturated rings. The Labute approximate surface area is 193 Å². The van der Waals surface area contributed by atoms with Crippen LogP contribution >= 0.6 is 0 Å². The predicted octanol–water partition coefficient (Wildman–Crippen LogP) is 3.15. The SMILES string of the molecule is Fc1cc2ncnc(Nc3ccc(OC[C@H]4CCOC4)c(F)c3F)c2nc1N1C[C@@H]2C[C@H]1CN2. The highest BCUT2D eigenvalue weighted by atomic mass is 19.2. The summed E-state index contributed by atoms with van der Waals surface area (Å²) in [7, 11) is 0. The van der Waals surface area contributed by atoms with Crippen LogP contribution in [0.2, 0.25) is 0 Å². The van der Waals surface area contributed by atoms with E-state index in [1.807, 2.05) is 4.90 Å². The maximum atomic E-state index is 14.9. The third kappa shape index (κ3) is 3.78. The van der Waals surface area contributed by atoms with Crippen LogP contribution in [-0.4, -0.2) is 59.9 Å². The third-order valence-electron chi connectivity index (χ3n) is 6.67. The van der Waals surface area contributed by atoms with Gasteiger partial charge in [0.05, 0.1) is 24.4 Å². The molecule has 0 saturated carbocycles. The summed E-state index contributed by atoms with van der Waals surface area (Å²) < 4.78 is 55.2. The number of piperazine rings is 1. The summed E-state index contributed by atoms with van der Waals surface area (Å²) >= 11 is 0. The first-order valence-corrected chi connectivity index (χ1v) is 11.3. The minimum atomic E-state index is -1.10. The molecule has 3 aromatic rings. The fourth-order valence-corrected chi connectivity index (χ4v) is 4.85. The molecule has 0 unspecified atom stereocenters. The average Bonchev–Trinajstić information content (AvgIpc) is 3.60. The Hall–Kier alpha value is -3.18. The van der Waals surface area contributed by atoms with Gasteiger partial charge in [0.15, 0.2) is 29.0 Å². The molecule has 0 amide bonds. The quantitative estimate of drug-likeness (QED) is 0.566. The van der Waals surface area contributed by atoms with E-state index < -0.39 is 17.5 Å². The third-order valence-corrected chi connectivity index (χ3v) is 6.67. The molecule has 0 aliphatic carbocycles. The number of nitrogens with zero attached hydrogens (tertiary/aromatic N) is 4. The largest absolute Gasteiger partial charge is 0.490 e. The number of hydrogen-bond acceptors (Lipinski definition) is 8. The van der Waals surface area contributed by atoms with Crippen LogP contribution in [0.25, 0.3) is 11.0 Å². The maximum absolute atomic E-state index is 14.9. The average molecular weight is 472 g/mol. The zero-order valence-electron chi connectivity index (χ0n) is 18.2. The summed E-state index contributed by atoms with van der Waals surface area (Å²) in [5.74, 6) is -2.30. The summed E-state index contributed by atoms with van der Waals surface area (Å²) in [6.07, 6.45) is 2.99. The van der Waals surface area contributed by atoms with Crippen LogP contribution in [0.4, 0.5) is 30.5 Å². The van der Waals surface area contributed by atoms with Crippen LogP contribution in [0.1, 0.15) is 12.8 Å². The number of rotatable bonds is 6. The molecule has 5 heterocycles. The summed E-state index contributed by atoms with van der Waals surface area (Å²) in [6, 6.07) is 4.52. The van der Waals surface area contributed by atoms with Crippen LogP contribution in [0.15, 0.2) is 24.5 Å². The first-order valence-electron chi connectivity index (χ1n) is 11.3. The zero-order chi connectivity index (χ0) is 23.2. The van der Waals surface area contributed by atoms with Gasteiger partial charge in [0.25, 0.3) is 0 Å². The van der Waals surface area contributed by atoms with Crippen LogP contribution in [0.5, 0.6) is 5.75 Å². The van der Waals surface area contributed by atoms with Gasteiger partial charge in [-0.25, -0.2) is 23.7 Å². The predicted molar refractivity (Wildman–Crippen MR) is 119 cm³/mol. The lowest BCUT2D eigenvalue weighted by molar-refractivity contribution is 0.165. The van der Waals surface area contributed by atoms with Crippen molar-refractivity contribution in [2.75, 3.05) is 43.1 Å². The molecule has 3 aliphatic rings. The van der Waals surface area contributed by atoms with E-state index in [4.69, 9.17) is 9.47 Å². The minimum absolute atomic E-state index is 0.133. The molecule has 3 atom stereocenters. The van der Waals surface area contributed by atoms with Crippen LogP contribution in [-0.2, 0) is 4.74 Å². The van der Waals surface area contributed by atoms with Gasteiger partial charge < -0.3 is 25.0 Å². The molecule has 178 valence electrons. The zero-order valence-corrected chi connectivity index (χ0v) is 18.2.